The average Bonchev–Trinajstić information content (AvgIpc) is 3.86. The molecule has 268 valence electrons. The number of aromatic nitrogens is 3. The average molecular weight is 714 g/mol. The zero-order valence-corrected chi connectivity index (χ0v) is 28.7. The van der Waals surface area contributed by atoms with Crippen molar-refractivity contribution in [1.82, 2.24) is 14.8 Å². The Morgan fingerprint density at radius 2 is 1.80 bits per heavy atom. The van der Waals surface area contributed by atoms with Gasteiger partial charge in [-0.15, -0.1) is 0 Å². The van der Waals surface area contributed by atoms with E-state index in [0.717, 1.165) is 24.2 Å². The second kappa shape index (κ2) is 12.6. The second-order valence-corrected chi connectivity index (χ2v) is 14.5. The van der Waals surface area contributed by atoms with Crippen molar-refractivity contribution < 1.29 is 48.3 Å². The molecule has 4 fully saturated rings. The first-order valence-electron chi connectivity index (χ1n) is 16.6. The summed E-state index contributed by atoms with van der Waals surface area (Å²) in [5.74, 6) is -4.05. The number of hydrogen-bond acceptors (Lipinski definition) is 12. The van der Waals surface area contributed by atoms with Gasteiger partial charge in [-0.05, 0) is 62.3 Å². The van der Waals surface area contributed by atoms with E-state index in [1.165, 1.54) is 55.1 Å². The van der Waals surface area contributed by atoms with Gasteiger partial charge < -0.3 is 44.5 Å². The zero-order valence-electron chi connectivity index (χ0n) is 27.9. The third-order valence-corrected chi connectivity index (χ3v) is 10.6. The number of carboxylic acids is 2. The van der Waals surface area contributed by atoms with Crippen molar-refractivity contribution in [3.05, 3.63) is 47.2 Å². The van der Waals surface area contributed by atoms with Gasteiger partial charge in [-0.2, -0.15) is 5.10 Å². The lowest BCUT2D eigenvalue weighted by atomic mass is 9.91. The van der Waals surface area contributed by atoms with Gasteiger partial charge in [0, 0.05) is 32.1 Å². The van der Waals surface area contributed by atoms with Gasteiger partial charge in [-0.25, -0.2) is 19.3 Å². The van der Waals surface area contributed by atoms with Crippen LogP contribution in [0.4, 0.5) is 11.4 Å². The minimum atomic E-state index is -2.72. The normalized spacial score (nSPS) is 28.8. The lowest BCUT2D eigenvalue weighted by Crippen LogP contribution is -2.57. The monoisotopic (exact) mass is 713 g/mol. The number of nitrogen functional groups attached to an aromatic ring is 1. The first-order valence-corrected chi connectivity index (χ1v) is 17.0. The molecule has 4 N–H and O–H groups in total. The number of hydrogen-bond donors (Lipinski definition) is 3. The van der Waals surface area contributed by atoms with E-state index in [2.05, 4.69) is 15.0 Å². The van der Waals surface area contributed by atoms with Crippen molar-refractivity contribution >= 4 is 51.9 Å². The number of carbonyl (C=O) groups is 3. The fourth-order valence-electron chi connectivity index (χ4n) is 7.99. The molecule has 0 radical (unpaired) electrons. The fraction of sp³-hybridized carbons (Fsp3) is 0.559. The van der Waals surface area contributed by atoms with Gasteiger partial charge in [0.05, 0.1) is 30.5 Å². The van der Waals surface area contributed by atoms with Gasteiger partial charge in [0.15, 0.2) is 29.4 Å². The molecule has 4 aliphatic rings. The number of benzene rings is 1. The Labute approximate surface area is 292 Å². The summed E-state index contributed by atoms with van der Waals surface area (Å²) in [4.78, 5) is 44.9. The van der Waals surface area contributed by atoms with E-state index in [0.29, 0.717) is 28.7 Å². The maximum absolute atomic E-state index is 12.7. The Morgan fingerprint density at radius 1 is 1.12 bits per heavy atom. The summed E-state index contributed by atoms with van der Waals surface area (Å²) in [6.07, 6.45) is 1.16. The predicted octanol–water partition coefficient (Wildman–Crippen LogP) is 3.42. The number of anilines is 2. The number of ether oxygens (including phenoxy) is 5. The molecule has 0 amide bonds. The van der Waals surface area contributed by atoms with Crippen LogP contribution in [0.5, 0.6) is 0 Å². The minimum Gasteiger partial charge on any atom is -0.479 e. The Bertz CT molecular complexity index is 1790. The number of nitrogens with zero attached hydrogens (tertiary/aromatic N) is 4. The molecule has 50 heavy (non-hydrogen) atoms. The number of rotatable bonds is 10. The standard InChI is InChI=1S/C34H40ClN5O10/c1-18(41)48-27-29(40-28-23(13-37-40)24(11-26(35)38-28)39-14-20-5-4-6-21(20)15-39)49-25(34(27)17-47-32(2,3)50-34)16-46-33(30(42)43,31(44)45)12-19-7-9-22(36)10-8-19/h7-11,13,20-21,25,27,29H,4-6,12,14-17,36H2,1-3H3,(H,42,43)(H,44,45)/t20-,21+,25-,27+,29-,34?/m1/s1. The Morgan fingerprint density at radius 3 is 2.40 bits per heavy atom. The maximum Gasteiger partial charge on any atom is 0.348 e. The molecule has 1 aliphatic carbocycles. The molecule has 0 bridgehead atoms. The summed E-state index contributed by atoms with van der Waals surface area (Å²) in [5.41, 5.74) is 3.53. The molecular formula is C34H40ClN5O10. The highest BCUT2D eigenvalue weighted by Crippen LogP contribution is 2.50. The number of aliphatic carboxylic acids is 2. The molecule has 1 aromatic carbocycles. The molecule has 3 aliphatic heterocycles. The van der Waals surface area contributed by atoms with E-state index in [9.17, 15) is 24.6 Å². The Hall–Kier alpha value is -4.02. The molecule has 1 unspecified atom stereocenters. The first kappa shape index (κ1) is 34.4. The van der Waals surface area contributed by atoms with Gasteiger partial charge in [0.25, 0.3) is 5.60 Å². The molecule has 1 saturated carbocycles. The summed E-state index contributed by atoms with van der Waals surface area (Å²) < 4.78 is 32.2. The summed E-state index contributed by atoms with van der Waals surface area (Å²) in [5, 5.41) is 26.2. The van der Waals surface area contributed by atoms with Gasteiger partial charge in [-0.1, -0.05) is 30.2 Å². The number of fused-ring (bicyclic) bond motifs is 2. The highest BCUT2D eigenvalue weighted by Gasteiger charge is 2.67. The van der Waals surface area contributed by atoms with Crippen molar-refractivity contribution in [2.45, 2.75) is 81.9 Å². The zero-order chi connectivity index (χ0) is 35.6. The van der Waals surface area contributed by atoms with Gasteiger partial charge >= 0.3 is 17.9 Å². The number of pyridine rings is 1. The molecule has 3 aromatic rings. The molecule has 3 saturated heterocycles. The molecule has 6 atom stereocenters. The molecule has 1 spiro atoms. The van der Waals surface area contributed by atoms with Crippen LogP contribution in [0.25, 0.3) is 11.0 Å². The third kappa shape index (κ3) is 5.94. The molecule has 15 nitrogen and oxygen atoms in total. The Kier molecular flexibility index (Phi) is 8.70. The fourth-order valence-corrected chi connectivity index (χ4v) is 8.18. The summed E-state index contributed by atoms with van der Waals surface area (Å²) in [6.45, 7) is 5.60. The van der Waals surface area contributed by atoms with E-state index in [1.54, 1.807) is 20.0 Å². The van der Waals surface area contributed by atoms with Crippen LogP contribution >= 0.6 is 11.6 Å². The number of carboxylic acid groups (broad SMARTS) is 2. The van der Waals surface area contributed by atoms with Crippen LogP contribution in [0, 0.1) is 11.8 Å². The second-order valence-electron chi connectivity index (χ2n) is 14.1. The van der Waals surface area contributed by atoms with E-state index >= 15 is 0 Å². The molecule has 7 rings (SSSR count). The van der Waals surface area contributed by atoms with Crippen LogP contribution in [0.15, 0.2) is 36.5 Å². The van der Waals surface area contributed by atoms with Gasteiger partial charge in [0.1, 0.15) is 11.3 Å². The lowest BCUT2D eigenvalue weighted by Gasteiger charge is -2.34. The largest absolute Gasteiger partial charge is 0.479 e. The first-order chi connectivity index (χ1) is 23.7. The van der Waals surface area contributed by atoms with E-state index < -0.39 is 66.4 Å². The van der Waals surface area contributed by atoms with Crippen LogP contribution in [0.2, 0.25) is 5.15 Å². The van der Waals surface area contributed by atoms with Gasteiger partial charge in [-0.3, -0.25) is 4.79 Å². The van der Waals surface area contributed by atoms with Crippen LogP contribution < -0.4 is 10.6 Å². The number of carbonyl (C=O) groups excluding carboxylic acids is 1. The smallest absolute Gasteiger partial charge is 0.348 e. The van der Waals surface area contributed by atoms with Crippen molar-refractivity contribution in [3.63, 3.8) is 0 Å². The lowest BCUT2D eigenvalue weighted by molar-refractivity contribution is -0.209. The van der Waals surface area contributed by atoms with Crippen molar-refractivity contribution in [1.29, 1.82) is 0 Å². The SMILES string of the molecule is CC(=O)O[C@H]1[C@H](n2ncc3c(N4C[C@H]5CCC[C@H]5C4)cc(Cl)nc32)O[C@H](COC(Cc2ccc(N)cc2)(C(=O)O)C(=O)O)C12COC(C)(C)O2. The number of esters is 1. The van der Waals surface area contributed by atoms with Crippen LogP contribution in [-0.2, 0) is 44.5 Å². The maximum atomic E-state index is 12.7. The van der Waals surface area contributed by atoms with Crippen molar-refractivity contribution in [3.8, 4) is 0 Å². The quantitative estimate of drug-likeness (QED) is 0.120. The highest BCUT2D eigenvalue weighted by molar-refractivity contribution is 6.30. The van der Waals surface area contributed by atoms with Crippen LogP contribution in [0.3, 0.4) is 0 Å². The molecule has 16 heteroatoms. The van der Waals surface area contributed by atoms with Crippen molar-refractivity contribution in [2.24, 2.45) is 11.8 Å². The van der Waals surface area contributed by atoms with Crippen LogP contribution in [-0.4, -0.2) is 98.4 Å². The number of nitrogens with two attached hydrogens (primary N) is 1. The summed E-state index contributed by atoms with van der Waals surface area (Å²) in [6, 6.07) is 7.95. The summed E-state index contributed by atoms with van der Waals surface area (Å²) >= 11 is 6.61. The predicted molar refractivity (Wildman–Crippen MR) is 177 cm³/mol. The van der Waals surface area contributed by atoms with Gasteiger partial charge in [0.2, 0.25) is 0 Å². The Balaban J connectivity index is 1.26. The van der Waals surface area contributed by atoms with E-state index in [-0.39, 0.29) is 11.8 Å². The van der Waals surface area contributed by atoms with Crippen molar-refractivity contribution in [2.75, 3.05) is 36.9 Å². The number of halogens is 1. The van der Waals surface area contributed by atoms with E-state index in [1.807, 2.05) is 6.07 Å². The third-order valence-electron chi connectivity index (χ3n) is 10.4. The highest BCUT2D eigenvalue weighted by atomic mass is 35.5. The summed E-state index contributed by atoms with van der Waals surface area (Å²) in [7, 11) is 0. The molecule has 2 aromatic heterocycles. The molecular weight excluding hydrogens is 674 g/mol. The minimum absolute atomic E-state index is 0.164. The van der Waals surface area contributed by atoms with Crippen LogP contribution in [0.1, 0.15) is 51.8 Å². The van der Waals surface area contributed by atoms with E-state index in [4.69, 9.17) is 41.0 Å². The molecule has 5 heterocycles. The topological polar surface area (TPSA) is 198 Å².